The van der Waals surface area contributed by atoms with Gasteiger partial charge in [0.15, 0.2) is 5.78 Å². The summed E-state index contributed by atoms with van der Waals surface area (Å²) in [5.74, 6) is 1.60. The molecule has 0 amide bonds. The van der Waals surface area contributed by atoms with Crippen molar-refractivity contribution in [2.45, 2.75) is 45.1 Å². The first-order valence-electron chi connectivity index (χ1n) is 7.45. The van der Waals surface area contributed by atoms with Crippen molar-refractivity contribution in [3.05, 3.63) is 34.9 Å². The summed E-state index contributed by atoms with van der Waals surface area (Å²) < 4.78 is 0. The number of carbonyl (C=O) groups is 1. The van der Waals surface area contributed by atoms with E-state index in [0.29, 0.717) is 17.6 Å². The highest BCUT2D eigenvalue weighted by Crippen LogP contribution is 2.46. The molecule has 0 fully saturated rings. The molecule has 2 aliphatic carbocycles. The van der Waals surface area contributed by atoms with Gasteiger partial charge in [0.1, 0.15) is 0 Å². The fraction of sp³-hybridized carbons (Fsp3) is 0.588. The van der Waals surface area contributed by atoms with E-state index in [2.05, 4.69) is 37.4 Å². The Morgan fingerprint density at radius 2 is 2.00 bits per heavy atom. The van der Waals surface area contributed by atoms with Gasteiger partial charge in [-0.05, 0) is 54.8 Å². The van der Waals surface area contributed by atoms with Crippen LogP contribution in [0.2, 0.25) is 0 Å². The molecule has 0 saturated heterocycles. The average molecular weight is 257 g/mol. The molecule has 2 nitrogen and oxygen atoms in total. The number of benzene rings is 1. The molecule has 0 radical (unpaired) electrons. The van der Waals surface area contributed by atoms with Gasteiger partial charge >= 0.3 is 0 Å². The zero-order valence-electron chi connectivity index (χ0n) is 12.1. The van der Waals surface area contributed by atoms with Crippen LogP contribution < -0.4 is 5.32 Å². The predicted octanol–water partition coefficient (Wildman–Crippen LogP) is 2.70. The summed E-state index contributed by atoms with van der Waals surface area (Å²) in [5.41, 5.74) is 4.21. The fourth-order valence-electron chi connectivity index (χ4n) is 3.97. The number of aryl methyl sites for hydroxylation is 1. The third kappa shape index (κ3) is 1.93. The minimum atomic E-state index is 0.0320. The van der Waals surface area contributed by atoms with Crippen molar-refractivity contribution < 1.29 is 4.79 Å². The number of likely N-dealkylation sites (N-methyl/N-ethyl adjacent to an activating group) is 1. The highest BCUT2D eigenvalue weighted by Gasteiger charge is 2.43. The molecule has 1 aromatic rings. The van der Waals surface area contributed by atoms with E-state index in [-0.39, 0.29) is 12.0 Å². The van der Waals surface area contributed by atoms with Crippen molar-refractivity contribution in [2.75, 3.05) is 7.05 Å². The molecule has 3 rings (SSSR count). The van der Waals surface area contributed by atoms with E-state index < -0.39 is 0 Å². The van der Waals surface area contributed by atoms with E-state index in [4.69, 9.17) is 0 Å². The van der Waals surface area contributed by atoms with Crippen LogP contribution in [0, 0.1) is 11.8 Å². The van der Waals surface area contributed by atoms with Gasteiger partial charge in [-0.3, -0.25) is 4.79 Å². The summed E-state index contributed by atoms with van der Waals surface area (Å²) in [6.07, 6.45) is 3.04. The maximum absolute atomic E-state index is 12.9. The Bertz CT molecular complexity index is 506. The van der Waals surface area contributed by atoms with Crippen molar-refractivity contribution in [3.8, 4) is 0 Å². The van der Waals surface area contributed by atoms with Crippen molar-refractivity contribution in [2.24, 2.45) is 11.8 Å². The maximum Gasteiger partial charge on any atom is 0.157 e. The molecular weight excluding hydrogens is 234 g/mol. The summed E-state index contributed by atoms with van der Waals surface area (Å²) in [6.45, 7) is 4.51. The van der Waals surface area contributed by atoms with Crippen LogP contribution in [0.5, 0.6) is 0 Å². The number of Topliss-reactive ketones (excluding diaryl/α,β-unsaturated/α-hetero) is 1. The number of rotatable bonds is 2. The molecule has 3 unspecified atom stereocenters. The van der Waals surface area contributed by atoms with Crippen LogP contribution in [0.1, 0.15) is 42.9 Å². The van der Waals surface area contributed by atoms with Crippen LogP contribution in [-0.4, -0.2) is 18.9 Å². The van der Waals surface area contributed by atoms with Gasteiger partial charge in [0.2, 0.25) is 0 Å². The zero-order valence-corrected chi connectivity index (χ0v) is 12.1. The third-order valence-electron chi connectivity index (χ3n) is 5.04. The average Bonchev–Trinajstić information content (AvgIpc) is 2.72. The monoisotopic (exact) mass is 257 g/mol. The number of carbonyl (C=O) groups excluding carboxylic acids is 1. The van der Waals surface area contributed by atoms with Gasteiger partial charge < -0.3 is 5.32 Å². The lowest BCUT2D eigenvalue weighted by Crippen LogP contribution is -2.38. The van der Waals surface area contributed by atoms with Crippen LogP contribution in [0.25, 0.3) is 0 Å². The van der Waals surface area contributed by atoms with Crippen molar-refractivity contribution in [1.29, 1.82) is 0 Å². The highest BCUT2D eigenvalue weighted by atomic mass is 16.1. The molecular formula is C17H23NO. The normalized spacial score (nSPS) is 29.5. The Morgan fingerprint density at radius 1 is 1.26 bits per heavy atom. The summed E-state index contributed by atoms with van der Waals surface area (Å²) in [5, 5.41) is 3.23. The molecule has 0 heterocycles. The minimum absolute atomic E-state index is 0.0320. The lowest BCUT2D eigenvalue weighted by atomic mass is 9.80. The minimum Gasteiger partial charge on any atom is -0.311 e. The second-order valence-electron chi connectivity index (χ2n) is 6.36. The van der Waals surface area contributed by atoms with Gasteiger partial charge in [-0.2, -0.15) is 0 Å². The van der Waals surface area contributed by atoms with Crippen molar-refractivity contribution in [1.82, 2.24) is 5.32 Å². The molecule has 102 valence electrons. The fourth-order valence-corrected chi connectivity index (χ4v) is 3.97. The van der Waals surface area contributed by atoms with E-state index in [0.717, 1.165) is 19.3 Å². The Hall–Kier alpha value is -1.15. The molecule has 19 heavy (non-hydrogen) atoms. The smallest absolute Gasteiger partial charge is 0.157 e. The third-order valence-corrected chi connectivity index (χ3v) is 5.04. The van der Waals surface area contributed by atoms with Gasteiger partial charge in [0, 0.05) is 5.92 Å². The second-order valence-corrected chi connectivity index (χ2v) is 6.36. The second kappa shape index (κ2) is 4.75. The van der Waals surface area contributed by atoms with E-state index >= 15 is 0 Å². The molecule has 0 spiro atoms. The summed E-state index contributed by atoms with van der Waals surface area (Å²) in [6, 6.07) is 6.64. The molecule has 0 saturated carbocycles. The predicted molar refractivity (Wildman–Crippen MR) is 77.4 cm³/mol. The molecule has 0 aliphatic heterocycles. The number of hydrogen-bond acceptors (Lipinski definition) is 2. The summed E-state index contributed by atoms with van der Waals surface area (Å²) >= 11 is 0. The van der Waals surface area contributed by atoms with Crippen LogP contribution in [0.3, 0.4) is 0 Å². The van der Waals surface area contributed by atoms with E-state index in [1.807, 2.05) is 7.05 Å². The molecule has 0 aromatic heterocycles. The first-order valence-corrected chi connectivity index (χ1v) is 7.45. The molecule has 2 aliphatic rings. The van der Waals surface area contributed by atoms with Gasteiger partial charge in [0.25, 0.3) is 0 Å². The van der Waals surface area contributed by atoms with Crippen molar-refractivity contribution in [3.63, 3.8) is 0 Å². The summed E-state index contributed by atoms with van der Waals surface area (Å²) in [7, 11) is 1.92. The van der Waals surface area contributed by atoms with E-state index in [9.17, 15) is 4.79 Å². The van der Waals surface area contributed by atoms with Crippen LogP contribution in [0.15, 0.2) is 18.2 Å². The number of ketones is 1. The van der Waals surface area contributed by atoms with Gasteiger partial charge in [-0.1, -0.05) is 32.0 Å². The number of hydrogen-bond donors (Lipinski definition) is 1. The molecule has 2 heteroatoms. The SMILES string of the molecule is CNC1CCc2cccc3c2C(C1=O)C(C(C)C)C3. The Morgan fingerprint density at radius 3 is 2.68 bits per heavy atom. The Labute approximate surface area is 115 Å². The lowest BCUT2D eigenvalue weighted by Gasteiger charge is -2.25. The van der Waals surface area contributed by atoms with Gasteiger partial charge in [0.05, 0.1) is 6.04 Å². The molecule has 3 atom stereocenters. The van der Waals surface area contributed by atoms with Gasteiger partial charge in [-0.15, -0.1) is 0 Å². The van der Waals surface area contributed by atoms with Crippen molar-refractivity contribution >= 4 is 5.78 Å². The van der Waals surface area contributed by atoms with E-state index in [1.165, 1.54) is 16.7 Å². The highest BCUT2D eigenvalue weighted by molar-refractivity contribution is 5.93. The van der Waals surface area contributed by atoms with E-state index in [1.54, 1.807) is 0 Å². The first-order chi connectivity index (χ1) is 9.13. The van der Waals surface area contributed by atoms with Gasteiger partial charge in [-0.25, -0.2) is 0 Å². The standard InChI is InChI=1S/C17H23NO/c1-10(2)13-9-12-6-4-5-11-7-8-14(18-3)17(19)16(13)15(11)12/h4-6,10,13-14,16,18H,7-9H2,1-3H3. The Balaban J connectivity index is 2.11. The van der Waals surface area contributed by atoms with Crippen LogP contribution in [-0.2, 0) is 17.6 Å². The first kappa shape index (κ1) is 12.9. The maximum atomic E-state index is 12.9. The topological polar surface area (TPSA) is 29.1 Å². The number of nitrogens with one attached hydrogen (secondary N) is 1. The lowest BCUT2D eigenvalue weighted by molar-refractivity contribution is -0.123. The Kier molecular flexibility index (Phi) is 3.22. The molecule has 1 aromatic carbocycles. The van der Waals surface area contributed by atoms with Crippen LogP contribution in [0.4, 0.5) is 0 Å². The largest absolute Gasteiger partial charge is 0.311 e. The summed E-state index contributed by atoms with van der Waals surface area (Å²) in [4.78, 5) is 12.9. The van der Waals surface area contributed by atoms with Crippen LogP contribution >= 0.6 is 0 Å². The molecule has 1 N–H and O–H groups in total. The molecule has 0 bridgehead atoms. The zero-order chi connectivity index (χ0) is 13.6. The quantitative estimate of drug-likeness (QED) is 0.882.